The van der Waals surface area contributed by atoms with Crippen LogP contribution in [0, 0.1) is 6.92 Å². The predicted octanol–water partition coefficient (Wildman–Crippen LogP) is 4.78. The van der Waals surface area contributed by atoms with E-state index in [0.717, 1.165) is 22.5 Å². The van der Waals surface area contributed by atoms with Crippen molar-refractivity contribution in [2.75, 3.05) is 11.1 Å². The van der Waals surface area contributed by atoms with Gasteiger partial charge in [0.05, 0.1) is 11.4 Å². The van der Waals surface area contributed by atoms with Gasteiger partial charge in [-0.3, -0.25) is 9.48 Å². The van der Waals surface area contributed by atoms with Gasteiger partial charge in [0, 0.05) is 24.2 Å². The number of oxazole rings is 1. The van der Waals surface area contributed by atoms with Crippen LogP contribution in [-0.4, -0.2) is 26.4 Å². The minimum atomic E-state index is -0.140. The maximum absolute atomic E-state index is 12.3. The van der Waals surface area contributed by atoms with Crippen molar-refractivity contribution in [3.05, 3.63) is 72.4 Å². The monoisotopic (exact) mass is 404 g/mol. The topological polar surface area (TPSA) is 73.0 Å². The quantitative estimate of drug-likeness (QED) is 0.468. The first-order chi connectivity index (χ1) is 14.1. The summed E-state index contributed by atoms with van der Waals surface area (Å²) in [5, 5.41) is 7.54. The van der Waals surface area contributed by atoms with Crippen LogP contribution in [0.25, 0.3) is 22.6 Å². The first-order valence-electron chi connectivity index (χ1n) is 9.15. The van der Waals surface area contributed by atoms with Gasteiger partial charge in [0.25, 0.3) is 5.22 Å². The summed E-state index contributed by atoms with van der Waals surface area (Å²) in [6.45, 7) is 1.88. The van der Waals surface area contributed by atoms with Gasteiger partial charge in [-0.05, 0) is 6.92 Å². The summed E-state index contributed by atoms with van der Waals surface area (Å²) in [5.41, 5.74) is 3.53. The van der Waals surface area contributed by atoms with Crippen LogP contribution in [0.5, 0.6) is 0 Å². The molecule has 0 fully saturated rings. The number of carbonyl (C=O) groups excluding carboxylic acids is 1. The molecular formula is C22H20N4O2S. The summed E-state index contributed by atoms with van der Waals surface area (Å²) in [6.07, 6.45) is 0. The molecule has 4 aromatic rings. The van der Waals surface area contributed by atoms with Crippen molar-refractivity contribution in [3.8, 4) is 22.6 Å². The van der Waals surface area contributed by atoms with E-state index >= 15 is 0 Å². The lowest BCUT2D eigenvalue weighted by atomic mass is 10.1. The fourth-order valence-corrected chi connectivity index (χ4v) is 3.60. The van der Waals surface area contributed by atoms with Crippen LogP contribution in [-0.2, 0) is 11.8 Å². The lowest BCUT2D eigenvalue weighted by molar-refractivity contribution is -0.113. The normalized spacial score (nSPS) is 10.8. The molecule has 0 aliphatic heterocycles. The van der Waals surface area contributed by atoms with Crippen LogP contribution < -0.4 is 5.32 Å². The van der Waals surface area contributed by atoms with E-state index in [1.54, 1.807) is 11.7 Å². The van der Waals surface area contributed by atoms with Gasteiger partial charge in [0.15, 0.2) is 5.76 Å². The highest BCUT2D eigenvalue weighted by atomic mass is 32.2. The zero-order valence-electron chi connectivity index (χ0n) is 16.1. The lowest BCUT2D eigenvalue weighted by Crippen LogP contribution is -2.16. The van der Waals surface area contributed by atoms with E-state index in [1.807, 2.05) is 73.7 Å². The summed E-state index contributed by atoms with van der Waals surface area (Å²) in [5.74, 6) is 1.41. The standard InChI is InChI=1S/C22H20N4O2S/c1-15-13-18(26(2)25-15)23-19(27)14-29-22-24-20(16-9-5-3-6-10-16)21(28-22)17-11-7-4-8-12-17/h3-13H,14H2,1-2H3,(H,23,27). The molecule has 4 rings (SSSR count). The average Bonchev–Trinajstić information content (AvgIpc) is 3.30. The highest BCUT2D eigenvalue weighted by Crippen LogP contribution is 2.35. The number of rotatable bonds is 6. The Morgan fingerprint density at radius 3 is 2.34 bits per heavy atom. The molecule has 29 heavy (non-hydrogen) atoms. The Labute approximate surface area is 173 Å². The number of amides is 1. The van der Waals surface area contributed by atoms with Crippen molar-refractivity contribution >= 4 is 23.5 Å². The molecule has 0 radical (unpaired) electrons. The molecule has 2 aromatic carbocycles. The number of thioether (sulfide) groups is 1. The molecule has 0 saturated heterocycles. The van der Waals surface area contributed by atoms with Crippen molar-refractivity contribution in [1.82, 2.24) is 14.8 Å². The Morgan fingerprint density at radius 1 is 1.07 bits per heavy atom. The van der Waals surface area contributed by atoms with Gasteiger partial charge in [-0.15, -0.1) is 0 Å². The highest BCUT2D eigenvalue weighted by molar-refractivity contribution is 7.99. The molecule has 2 heterocycles. The van der Waals surface area contributed by atoms with E-state index in [9.17, 15) is 4.79 Å². The molecule has 146 valence electrons. The Bertz CT molecular complexity index is 1060. The van der Waals surface area contributed by atoms with Crippen LogP contribution >= 0.6 is 11.8 Å². The van der Waals surface area contributed by atoms with Gasteiger partial charge < -0.3 is 9.73 Å². The Kier molecular flexibility index (Phi) is 5.48. The second kappa shape index (κ2) is 8.36. The number of aromatic nitrogens is 3. The first-order valence-corrected chi connectivity index (χ1v) is 10.1. The molecule has 1 amide bonds. The van der Waals surface area contributed by atoms with Crippen molar-refractivity contribution < 1.29 is 9.21 Å². The van der Waals surface area contributed by atoms with Gasteiger partial charge in [-0.25, -0.2) is 4.98 Å². The van der Waals surface area contributed by atoms with Crippen molar-refractivity contribution in [1.29, 1.82) is 0 Å². The van der Waals surface area contributed by atoms with Crippen LogP contribution in [0.15, 0.2) is 76.4 Å². The number of hydrogen-bond acceptors (Lipinski definition) is 5. The molecule has 0 aliphatic carbocycles. The smallest absolute Gasteiger partial charge is 0.257 e. The summed E-state index contributed by atoms with van der Waals surface area (Å²) in [6, 6.07) is 21.6. The minimum absolute atomic E-state index is 0.140. The Morgan fingerprint density at radius 2 is 1.72 bits per heavy atom. The van der Waals surface area contributed by atoms with E-state index in [4.69, 9.17) is 4.42 Å². The minimum Gasteiger partial charge on any atom is -0.431 e. The molecular weight excluding hydrogens is 384 g/mol. The van der Waals surface area contributed by atoms with Crippen LogP contribution in [0.2, 0.25) is 0 Å². The molecule has 0 aliphatic rings. The second-order valence-corrected chi connectivity index (χ2v) is 7.45. The Hall–Kier alpha value is -3.32. The van der Waals surface area contributed by atoms with Gasteiger partial charge >= 0.3 is 0 Å². The number of anilines is 1. The summed E-state index contributed by atoms with van der Waals surface area (Å²) in [4.78, 5) is 17.0. The number of nitrogens with one attached hydrogen (secondary N) is 1. The maximum atomic E-state index is 12.3. The molecule has 1 N–H and O–H groups in total. The predicted molar refractivity (Wildman–Crippen MR) is 115 cm³/mol. The molecule has 6 nitrogen and oxygen atoms in total. The third-order valence-corrected chi connectivity index (χ3v) is 5.12. The van der Waals surface area contributed by atoms with Gasteiger partial charge in [-0.2, -0.15) is 5.10 Å². The first kappa shape index (κ1) is 19.0. The number of hydrogen-bond donors (Lipinski definition) is 1. The number of aryl methyl sites for hydroxylation is 2. The number of benzene rings is 2. The SMILES string of the molecule is Cc1cc(NC(=O)CSc2nc(-c3ccccc3)c(-c3ccccc3)o2)n(C)n1. The summed E-state index contributed by atoms with van der Waals surface area (Å²) >= 11 is 1.27. The van der Waals surface area contributed by atoms with Crippen LogP contribution in [0.4, 0.5) is 5.82 Å². The Balaban J connectivity index is 1.54. The fourth-order valence-electron chi connectivity index (χ4n) is 2.97. The van der Waals surface area contributed by atoms with Crippen molar-refractivity contribution in [2.45, 2.75) is 12.1 Å². The van der Waals surface area contributed by atoms with Crippen molar-refractivity contribution in [3.63, 3.8) is 0 Å². The van der Waals surface area contributed by atoms with Crippen LogP contribution in [0.3, 0.4) is 0 Å². The average molecular weight is 404 g/mol. The second-order valence-electron chi connectivity index (χ2n) is 6.52. The maximum Gasteiger partial charge on any atom is 0.257 e. The summed E-state index contributed by atoms with van der Waals surface area (Å²) in [7, 11) is 1.79. The fraction of sp³-hybridized carbons (Fsp3) is 0.136. The van der Waals surface area contributed by atoms with E-state index in [1.165, 1.54) is 11.8 Å². The molecule has 0 bridgehead atoms. The molecule has 7 heteroatoms. The largest absolute Gasteiger partial charge is 0.431 e. The summed E-state index contributed by atoms with van der Waals surface area (Å²) < 4.78 is 7.68. The van der Waals surface area contributed by atoms with E-state index in [2.05, 4.69) is 15.4 Å². The molecule has 0 saturated carbocycles. The zero-order valence-corrected chi connectivity index (χ0v) is 16.9. The van der Waals surface area contributed by atoms with Crippen LogP contribution in [0.1, 0.15) is 5.69 Å². The van der Waals surface area contributed by atoms with Gasteiger partial charge in [0.2, 0.25) is 5.91 Å². The van der Waals surface area contributed by atoms with Crippen molar-refractivity contribution in [2.24, 2.45) is 7.05 Å². The highest BCUT2D eigenvalue weighted by Gasteiger charge is 2.18. The molecule has 0 atom stereocenters. The van der Waals surface area contributed by atoms with Gasteiger partial charge in [0.1, 0.15) is 11.5 Å². The van der Waals surface area contributed by atoms with E-state index < -0.39 is 0 Å². The molecule has 0 spiro atoms. The number of nitrogens with zero attached hydrogens (tertiary/aromatic N) is 3. The number of carbonyl (C=O) groups is 1. The third-order valence-electron chi connectivity index (χ3n) is 4.29. The lowest BCUT2D eigenvalue weighted by Gasteiger charge is -2.03. The third kappa shape index (κ3) is 4.41. The van der Waals surface area contributed by atoms with E-state index in [-0.39, 0.29) is 11.7 Å². The molecule has 2 aromatic heterocycles. The van der Waals surface area contributed by atoms with Gasteiger partial charge in [-0.1, -0.05) is 72.4 Å². The zero-order chi connectivity index (χ0) is 20.2. The molecule has 0 unspecified atom stereocenters. The van der Waals surface area contributed by atoms with E-state index in [0.29, 0.717) is 16.8 Å².